The normalized spacial score (nSPS) is 12.7. The summed E-state index contributed by atoms with van der Waals surface area (Å²) in [6, 6.07) is 32.2. The van der Waals surface area contributed by atoms with Crippen LogP contribution in [0.4, 0.5) is 0 Å². The molecule has 4 nitrogen and oxygen atoms in total. The molecule has 4 heteroatoms. The fourth-order valence-corrected chi connectivity index (χ4v) is 6.50. The first-order valence-electron chi connectivity index (χ1n) is 12.0. The second-order valence-corrected chi connectivity index (χ2v) is 9.65. The molecule has 0 unspecified atom stereocenters. The van der Waals surface area contributed by atoms with E-state index in [1.807, 2.05) is 72.8 Å². The molecule has 9 aromatic rings. The molecule has 36 heavy (non-hydrogen) atoms. The molecule has 166 valence electrons. The van der Waals surface area contributed by atoms with Crippen LogP contribution in [0, 0.1) is 0 Å². The summed E-state index contributed by atoms with van der Waals surface area (Å²) in [5.41, 5.74) is 5.99. The molecule has 4 aromatic heterocycles. The average molecular weight is 460 g/mol. The van der Waals surface area contributed by atoms with Crippen molar-refractivity contribution < 1.29 is 0 Å². The predicted molar refractivity (Wildman–Crippen MR) is 148 cm³/mol. The van der Waals surface area contributed by atoms with E-state index >= 15 is 0 Å². The van der Waals surface area contributed by atoms with E-state index in [-0.39, 0.29) is 10.9 Å². The van der Waals surface area contributed by atoms with Crippen molar-refractivity contribution in [2.75, 3.05) is 0 Å². The van der Waals surface area contributed by atoms with E-state index in [1.54, 1.807) is 0 Å². The molecule has 0 saturated carbocycles. The molecule has 0 radical (unpaired) electrons. The number of hydrogen-bond acceptors (Lipinski definition) is 2. The highest BCUT2D eigenvalue weighted by Gasteiger charge is 2.21. The third-order valence-corrected chi connectivity index (χ3v) is 7.96. The van der Waals surface area contributed by atoms with E-state index in [2.05, 4.69) is 33.1 Å². The van der Waals surface area contributed by atoms with Crippen LogP contribution in [-0.4, -0.2) is 8.80 Å². The lowest BCUT2D eigenvalue weighted by molar-refractivity contribution is 1.32. The molecule has 0 fully saturated rings. The van der Waals surface area contributed by atoms with Crippen molar-refractivity contribution in [1.29, 1.82) is 0 Å². The van der Waals surface area contributed by atoms with Gasteiger partial charge in [0.05, 0.1) is 33.1 Å². The van der Waals surface area contributed by atoms with Crippen molar-refractivity contribution in [3.05, 3.63) is 118 Å². The van der Waals surface area contributed by atoms with Crippen LogP contribution in [0.5, 0.6) is 0 Å². The van der Waals surface area contributed by atoms with Gasteiger partial charge >= 0.3 is 0 Å². The Morgan fingerprint density at radius 2 is 0.778 bits per heavy atom. The van der Waals surface area contributed by atoms with Gasteiger partial charge in [0, 0.05) is 43.1 Å². The van der Waals surface area contributed by atoms with Crippen molar-refractivity contribution in [1.82, 2.24) is 8.80 Å². The summed E-state index contributed by atoms with van der Waals surface area (Å²) in [6.07, 6.45) is 0. The fourth-order valence-electron chi connectivity index (χ4n) is 6.50. The van der Waals surface area contributed by atoms with Crippen LogP contribution >= 0.6 is 0 Å². The first-order chi connectivity index (χ1) is 17.7. The van der Waals surface area contributed by atoms with E-state index in [0.717, 1.165) is 76.2 Å². The van der Waals surface area contributed by atoms with Gasteiger partial charge in [0.2, 0.25) is 0 Å². The largest absolute Gasteiger partial charge is 0.308 e. The molecule has 5 aromatic carbocycles. The van der Waals surface area contributed by atoms with Crippen LogP contribution in [0.1, 0.15) is 0 Å². The van der Waals surface area contributed by atoms with Gasteiger partial charge in [-0.2, -0.15) is 0 Å². The number of fused-ring (bicyclic) bond motifs is 10. The van der Waals surface area contributed by atoms with E-state index in [4.69, 9.17) is 0 Å². The van der Waals surface area contributed by atoms with Gasteiger partial charge in [0.1, 0.15) is 0 Å². The minimum absolute atomic E-state index is 0.0671. The van der Waals surface area contributed by atoms with Crippen LogP contribution in [0.3, 0.4) is 0 Å². The second kappa shape index (κ2) is 5.99. The Labute approximate surface area is 202 Å². The van der Waals surface area contributed by atoms with Crippen molar-refractivity contribution in [2.24, 2.45) is 0 Å². The maximum Gasteiger partial charge on any atom is 0.197 e. The monoisotopic (exact) mass is 460 g/mol. The smallest absolute Gasteiger partial charge is 0.197 e. The van der Waals surface area contributed by atoms with Gasteiger partial charge in [-0.25, -0.2) is 0 Å². The number of hydrogen-bond donors (Lipinski definition) is 0. The number of para-hydroxylation sites is 4. The molecule has 0 atom stereocenters. The third kappa shape index (κ3) is 1.92. The molecule has 0 bridgehead atoms. The molecule has 0 saturated heterocycles. The quantitative estimate of drug-likeness (QED) is 0.236. The molecule has 0 amide bonds. The lowest BCUT2D eigenvalue weighted by Gasteiger charge is -2.08. The lowest BCUT2D eigenvalue weighted by Crippen LogP contribution is -2.06. The zero-order valence-electron chi connectivity index (χ0n) is 18.9. The van der Waals surface area contributed by atoms with Crippen LogP contribution < -0.4 is 10.9 Å². The van der Waals surface area contributed by atoms with E-state index < -0.39 is 0 Å². The molecule has 4 heterocycles. The Kier molecular flexibility index (Phi) is 3.06. The molecular weight excluding hydrogens is 444 g/mol. The first-order valence-corrected chi connectivity index (χ1v) is 12.0. The van der Waals surface area contributed by atoms with Gasteiger partial charge in [-0.05, 0) is 48.5 Å². The predicted octanol–water partition coefficient (Wildman–Crippen LogP) is 6.71. The summed E-state index contributed by atoms with van der Waals surface area (Å²) in [4.78, 5) is 26.8. The van der Waals surface area contributed by atoms with E-state index in [9.17, 15) is 9.59 Å². The zero-order valence-corrected chi connectivity index (χ0v) is 18.9. The highest BCUT2D eigenvalue weighted by Crippen LogP contribution is 2.40. The summed E-state index contributed by atoms with van der Waals surface area (Å²) in [5.74, 6) is 0. The summed E-state index contributed by atoms with van der Waals surface area (Å²) in [5, 5.41) is 7.24. The molecule has 0 N–H and O–H groups in total. The number of pyridine rings is 2. The Hall–Kier alpha value is -4.96. The van der Waals surface area contributed by atoms with E-state index in [1.165, 1.54) is 0 Å². The molecule has 0 aliphatic rings. The maximum atomic E-state index is 13.4. The number of nitrogens with zero attached hydrogens (tertiary/aromatic N) is 2. The lowest BCUT2D eigenvalue weighted by atomic mass is 10.1. The summed E-state index contributed by atoms with van der Waals surface area (Å²) < 4.78 is 4.48. The highest BCUT2D eigenvalue weighted by molar-refractivity contribution is 6.24. The second-order valence-electron chi connectivity index (χ2n) is 9.65. The minimum atomic E-state index is 0.0671. The van der Waals surface area contributed by atoms with Crippen LogP contribution in [-0.2, 0) is 0 Å². The zero-order chi connectivity index (χ0) is 23.7. The maximum absolute atomic E-state index is 13.4. The topological polar surface area (TPSA) is 43.0 Å². The van der Waals surface area contributed by atoms with Crippen molar-refractivity contribution in [2.45, 2.75) is 0 Å². The summed E-state index contributed by atoms with van der Waals surface area (Å²) in [7, 11) is 0. The number of benzene rings is 5. The SMILES string of the molecule is O=c1c2ccccc2n2c3cc4c(cc3c3cccc1c32)c1cccc2c(=O)c3ccccc3n4c21. The van der Waals surface area contributed by atoms with Gasteiger partial charge in [-0.1, -0.05) is 48.5 Å². The standard InChI is InChI=1S/C32H16N2O2/c35-31-19-7-1-3-13-25(19)33-27-16-28-24(15-23(27)17-9-5-11-21(31)29(17)33)18-10-6-12-22-30(18)34(28)26-14-4-2-8-20(26)32(22)36/h1-16H. The number of rotatable bonds is 0. The van der Waals surface area contributed by atoms with Gasteiger partial charge in [0.25, 0.3) is 0 Å². The van der Waals surface area contributed by atoms with Crippen molar-refractivity contribution in [3.63, 3.8) is 0 Å². The van der Waals surface area contributed by atoms with Crippen LogP contribution in [0.2, 0.25) is 0 Å². The molecule has 0 aliphatic heterocycles. The van der Waals surface area contributed by atoms with Crippen molar-refractivity contribution in [3.8, 4) is 0 Å². The van der Waals surface area contributed by atoms with Crippen LogP contribution in [0.25, 0.3) is 76.2 Å². The Balaban J connectivity index is 1.66. The molecular formula is C32H16N2O2. The summed E-state index contributed by atoms with van der Waals surface area (Å²) >= 11 is 0. The van der Waals surface area contributed by atoms with Crippen molar-refractivity contribution >= 4 is 76.2 Å². The Morgan fingerprint density at radius 3 is 1.28 bits per heavy atom. The Bertz CT molecular complexity index is 2340. The van der Waals surface area contributed by atoms with Gasteiger partial charge in [-0.3, -0.25) is 9.59 Å². The average Bonchev–Trinajstić information content (AvgIpc) is 3.43. The molecule has 0 spiro atoms. The van der Waals surface area contributed by atoms with Gasteiger partial charge in [-0.15, -0.1) is 0 Å². The first kappa shape index (κ1) is 18.4. The third-order valence-electron chi connectivity index (χ3n) is 7.96. The minimum Gasteiger partial charge on any atom is -0.308 e. The van der Waals surface area contributed by atoms with Crippen LogP contribution in [0.15, 0.2) is 107 Å². The fraction of sp³-hybridized carbons (Fsp3) is 0. The summed E-state index contributed by atoms with van der Waals surface area (Å²) in [6.45, 7) is 0. The number of aromatic nitrogens is 2. The van der Waals surface area contributed by atoms with E-state index in [0.29, 0.717) is 0 Å². The van der Waals surface area contributed by atoms with Gasteiger partial charge < -0.3 is 8.80 Å². The Morgan fingerprint density at radius 1 is 0.361 bits per heavy atom. The highest BCUT2D eigenvalue weighted by atomic mass is 16.1. The molecule has 9 rings (SSSR count). The van der Waals surface area contributed by atoms with Gasteiger partial charge in [0.15, 0.2) is 10.9 Å². The molecule has 0 aliphatic carbocycles.